The molecule has 0 saturated heterocycles. The lowest BCUT2D eigenvalue weighted by Gasteiger charge is -2.09. The summed E-state index contributed by atoms with van der Waals surface area (Å²) in [4.78, 5) is 15.0. The lowest BCUT2D eigenvalue weighted by atomic mass is 10.2. The zero-order valence-electron chi connectivity index (χ0n) is 10.2. The van der Waals surface area contributed by atoms with E-state index in [-0.39, 0.29) is 12.2 Å². The Labute approximate surface area is 120 Å². The molecule has 106 valence electrons. The number of hydrogen-bond donors (Lipinski definition) is 2. The van der Waals surface area contributed by atoms with Crippen LogP contribution in [0.3, 0.4) is 0 Å². The number of primary amides is 1. The van der Waals surface area contributed by atoms with Crippen molar-refractivity contribution in [1.29, 1.82) is 0 Å². The molecule has 2 aromatic rings. The van der Waals surface area contributed by atoms with Crippen LogP contribution >= 0.6 is 11.6 Å². The van der Waals surface area contributed by atoms with Crippen molar-refractivity contribution in [3.8, 4) is 0 Å². The molecule has 0 fully saturated rings. The molecule has 0 spiro atoms. The Hall–Kier alpha value is -1.90. The number of halogens is 1. The van der Waals surface area contributed by atoms with Gasteiger partial charge in [0.1, 0.15) is 5.69 Å². The zero-order chi connectivity index (χ0) is 14.9. The highest BCUT2D eigenvalue weighted by molar-refractivity contribution is 7.89. The molecule has 0 aliphatic rings. The minimum atomic E-state index is -4.06. The van der Waals surface area contributed by atoms with E-state index in [9.17, 15) is 13.2 Å². The molecule has 0 radical (unpaired) electrons. The SMILES string of the molecule is NC(=O)c1cnc(S(N)(=O)=O)n1Cc1ccc(Cl)cc1. The van der Waals surface area contributed by atoms with Crippen molar-refractivity contribution in [3.63, 3.8) is 0 Å². The molecule has 0 saturated carbocycles. The van der Waals surface area contributed by atoms with Crippen LogP contribution in [0.1, 0.15) is 16.1 Å². The molecule has 4 N–H and O–H groups in total. The van der Waals surface area contributed by atoms with Crippen LogP contribution in [-0.2, 0) is 16.6 Å². The highest BCUT2D eigenvalue weighted by Crippen LogP contribution is 2.15. The predicted octanol–water partition coefficient (Wildman–Crippen LogP) is 0.331. The fourth-order valence-electron chi connectivity index (χ4n) is 1.71. The first-order chi connectivity index (χ1) is 9.29. The van der Waals surface area contributed by atoms with Gasteiger partial charge in [0, 0.05) is 5.02 Å². The average molecular weight is 315 g/mol. The molecule has 0 aliphatic carbocycles. The van der Waals surface area contributed by atoms with Gasteiger partial charge in [-0.05, 0) is 17.7 Å². The van der Waals surface area contributed by atoms with Crippen molar-refractivity contribution in [3.05, 3.63) is 46.7 Å². The second-order valence-electron chi connectivity index (χ2n) is 4.05. The van der Waals surface area contributed by atoms with Gasteiger partial charge in [-0.15, -0.1) is 0 Å². The number of sulfonamides is 1. The van der Waals surface area contributed by atoms with Gasteiger partial charge in [-0.2, -0.15) is 0 Å². The molecule has 1 aromatic carbocycles. The summed E-state index contributed by atoms with van der Waals surface area (Å²) in [6, 6.07) is 6.68. The molecule has 20 heavy (non-hydrogen) atoms. The van der Waals surface area contributed by atoms with Crippen molar-refractivity contribution in [1.82, 2.24) is 9.55 Å². The third-order valence-electron chi connectivity index (χ3n) is 2.58. The van der Waals surface area contributed by atoms with Crippen LogP contribution in [0, 0.1) is 0 Å². The first-order valence-corrected chi connectivity index (χ1v) is 7.34. The number of benzene rings is 1. The maximum absolute atomic E-state index is 11.5. The summed E-state index contributed by atoms with van der Waals surface area (Å²) in [7, 11) is -4.06. The fourth-order valence-corrected chi connectivity index (χ4v) is 2.50. The quantitative estimate of drug-likeness (QED) is 0.844. The average Bonchev–Trinajstić information content (AvgIpc) is 2.75. The third kappa shape index (κ3) is 2.98. The van der Waals surface area contributed by atoms with Crippen LogP contribution in [0.15, 0.2) is 35.6 Å². The molecule has 0 unspecified atom stereocenters. The maximum Gasteiger partial charge on any atom is 0.272 e. The van der Waals surface area contributed by atoms with Gasteiger partial charge in [-0.1, -0.05) is 23.7 Å². The number of hydrogen-bond acceptors (Lipinski definition) is 4. The van der Waals surface area contributed by atoms with E-state index in [1.165, 1.54) is 0 Å². The van der Waals surface area contributed by atoms with Gasteiger partial charge in [-0.3, -0.25) is 4.79 Å². The van der Waals surface area contributed by atoms with Crippen LogP contribution in [-0.4, -0.2) is 23.9 Å². The van der Waals surface area contributed by atoms with E-state index in [1.54, 1.807) is 24.3 Å². The highest BCUT2D eigenvalue weighted by Gasteiger charge is 2.21. The summed E-state index contributed by atoms with van der Waals surface area (Å²) in [5.74, 6) is -0.790. The predicted molar refractivity (Wildman–Crippen MR) is 72.7 cm³/mol. The summed E-state index contributed by atoms with van der Waals surface area (Å²) in [6.07, 6.45) is 1.08. The third-order valence-corrected chi connectivity index (χ3v) is 3.67. The van der Waals surface area contributed by atoms with E-state index < -0.39 is 21.1 Å². The van der Waals surface area contributed by atoms with Crippen LogP contribution in [0.5, 0.6) is 0 Å². The summed E-state index contributed by atoms with van der Waals surface area (Å²) in [6.45, 7) is 0.0845. The number of nitrogens with two attached hydrogens (primary N) is 2. The molecular weight excluding hydrogens is 304 g/mol. The Morgan fingerprint density at radius 1 is 1.30 bits per heavy atom. The van der Waals surface area contributed by atoms with Crippen LogP contribution < -0.4 is 10.9 Å². The number of aromatic nitrogens is 2. The standard InChI is InChI=1S/C11H11ClN4O3S/c12-8-3-1-7(2-4-8)6-16-9(10(13)17)5-15-11(16)20(14,18)19/h1-5H,6H2,(H2,13,17)(H2,14,18,19). The van der Waals surface area contributed by atoms with Crippen molar-refractivity contribution < 1.29 is 13.2 Å². The summed E-state index contributed by atoms with van der Waals surface area (Å²) >= 11 is 5.77. The minimum absolute atomic E-state index is 0.0380. The fraction of sp³-hybridized carbons (Fsp3) is 0.0909. The molecule has 0 atom stereocenters. The number of carbonyl (C=O) groups is 1. The molecule has 1 heterocycles. The van der Waals surface area contributed by atoms with Gasteiger partial charge in [0.25, 0.3) is 15.9 Å². The molecule has 0 bridgehead atoms. The van der Waals surface area contributed by atoms with E-state index in [1.807, 2.05) is 0 Å². The Morgan fingerprint density at radius 3 is 2.40 bits per heavy atom. The van der Waals surface area contributed by atoms with Crippen molar-refractivity contribution in [2.75, 3.05) is 0 Å². The Bertz CT molecular complexity index is 752. The maximum atomic E-state index is 11.5. The number of carbonyl (C=O) groups excluding carboxylic acids is 1. The minimum Gasteiger partial charge on any atom is -0.364 e. The highest BCUT2D eigenvalue weighted by atomic mass is 35.5. The molecule has 0 aliphatic heterocycles. The normalized spacial score (nSPS) is 11.5. The zero-order valence-corrected chi connectivity index (χ0v) is 11.7. The van der Waals surface area contributed by atoms with Gasteiger partial charge in [0.15, 0.2) is 0 Å². The van der Waals surface area contributed by atoms with Crippen LogP contribution in [0.25, 0.3) is 0 Å². The lowest BCUT2D eigenvalue weighted by molar-refractivity contribution is 0.0991. The monoisotopic (exact) mass is 314 g/mol. The van der Waals surface area contributed by atoms with Gasteiger partial charge >= 0.3 is 0 Å². The largest absolute Gasteiger partial charge is 0.364 e. The number of amides is 1. The van der Waals surface area contributed by atoms with Crippen molar-refractivity contribution in [2.45, 2.75) is 11.7 Å². The van der Waals surface area contributed by atoms with Gasteiger partial charge in [0.2, 0.25) is 5.16 Å². The van der Waals surface area contributed by atoms with E-state index >= 15 is 0 Å². The van der Waals surface area contributed by atoms with E-state index in [0.717, 1.165) is 16.3 Å². The van der Waals surface area contributed by atoms with Crippen LogP contribution in [0.4, 0.5) is 0 Å². The number of rotatable bonds is 4. The van der Waals surface area contributed by atoms with Crippen molar-refractivity contribution in [2.24, 2.45) is 10.9 Å². The van der Waals surface area contributed by atoms with E-state index in [0.29, 0.717) is 5.02 Å². The molecule has 9 heteroatoms. The van der Waals surface area contributed by atoms with Gasteiger partial charge in [0.05, 0.1) is 12.7 Å². The second-order valence-corrected chi connectivity index (χ2v) is 5.94. The van der Waals surface area contributed by atoms with Crippen molar-refractivity contribution >= 4 is 27.5 Å². The smallest absolute Gasteiger partial charge is 0.272 e. The summed E-state index contributed by atoms with van der Waals surface area (Å²) in [5.41, 5.74) is 5.88. The first kappa shape index (κ1) is 14.5. The number of imidazole rings is 1. The molecule has 7 nitrogen and oxygen atoms in total. The lowest BCUT2D eigenvalue weighted by Crippen LogP contribution is -2.23. The first-order valence-electron chi connectivity index (χ1n) is 5.41. The molecular formula is C11H11ClN4O3S. The Kier molecular flexibility index (Phi) is 3.80. The second kappa shape index (κ2) is 5.23. The van der Waals surface area contributed by atoms with Crippen LogP contribution in [0.2, 0.25) is 5.02 Å². The summed E-state index contributed by atoms with van der Waals surface area (Å²) < 4.78 is 24.1. The Balaban J connectivity index is 2.51. The molecule has 1 aromatic heterocycles. The number of nitrogens with zero attached hydrogens (tertiary/aromatic N) is 2. The topological polar surface area (TPSA) is 121 Å². The molecule has 2 rings (SSSR count). The van der Waals surface area contributed by atoms with Gasteiger partial charge < -0.3 is 10.3 Å². The Morgan fingerprint density at radius 2 is 1.90 bits per heavy atom. The molecule has 1 amide bonds. The van der Waals surface area contributed by atoms with Gasteiger partial charge in [-0.25, -0.2) is 18.5 Å². The van der Waals surface area contributed by atoms with E-state index in [4.69, 9.17) is 22.5 Å². The summed E-state index contributed by atoms with van der Waals surface area (Å²) in [5, 5.41) is 5.19. The van der Waals surface area contributed by atoms with E-state index in [2.05, 4.69) is 4.98 Å². The number of primary sulfonamides is 1.